The monoisotopic (exact) mass is 378 g/mol. The number of pyridine rings is 1. The summed E-state index contributed by atoms with van der Waals surface area (Å²) in [5.74, 6) is 0. The first-order valence-electron chi connectivity index (χ1n) is 8.15. The van der Waals surface area contributed by atoms with Gasteiger partial charge in [-0.15, -0.1) is 11.3 Å². The number of sulfonamides is 1. The molecule has 3 rings (SSSR count). The van der Waals surface area contributed by atoms with Gasteiger partial charge in [0.15, 0.2) is 0 Å². The Morgan fingerprint density at radius 1 is 1.24 bits per heavy atom. The zero-order valence-electron chi connectivity index (χ0n) is 14.3. The van der Waals surface area contributed by atoms with E-state index in [4.69, 9.17) is 0 Å². The molecule has 0 amide bonds. The predicted octanol–water partition coefficient (Wildman–Crippen LogP) is 2.77. The van der Waals surface area contributed by atoms with E-state index in [0.717, 1.165) is 24.1 Å². The van der Waals surface area contributed by atoms with Crippen molar-refractivity contribution in [1.82, 2.24) is 19.2 Å². The van der Waals surface area contributed by atoms with Crippen LogP contribution in [0.15, 0.2) is 46.2 Å². The van der Waals surface area contributed by atoms with Crippen molar-refractivity contribution in [2.75, 3.05) is 26.7 Å². The molecule has 3 aromatic heterocycles. The average Bonchev–Trinajstić information content (AvgIpc) is 3.28. The van der Waals surface area contributed by atoms with Crippen molar-refractivity contribution in [3.05, 3.63) is 47.6 Å². The highest BCUT2D eigenvalue weighted by atomic mass is 32.2. The number of rotatable bonds is 8. The number of hydrogen-bond acceptors (Lipinski definition) is 5. The normalized spacial score (nSPS) is 12.5. The highest BCUT2D eigenvalue weighted by molar-refractivity contribution is 7.91. The van der Waals surface area contributed by atoms with Crippen LogP contribution in [0, 0.1) is 0 Å². The van der Waals surface area contributed by atoms with Gasteiger partial charge in [0.25, 0.3) is 10.0 Å². The molecule has 0 unspecified atom stereocenters. The van der Waals surface area contributed by atoms with Crippen molar-refractivity contribution in [3.8, 4) is 0 Å². The molecule has 0 atom stereocenters. The lowest BCUT2D eigenvalue weighted by molar-refractivity contribution is 0.263. The van der Waals surface area contributed by atoms with Gasteiger partial charge in [-0.25, -0.2) is 13.4 Å². The molecule has 0 radical (unpaired) electrons. The fraction of sp³-hybridized carbons (Fsp3) is 0.353. The summed E-state index contributed by atoms with van der Waals surface area (Å²) in [6.45, 7) is 4.81. The Morgan fingerprint density at radius 2 is 2.08 bits per heavy atom. The molecule has 0 aliphatic heterocycles. The molecule has 6 nitrogen and oxygen atoms in total. The summed E-state index contributed by atoms with van der Waals surface area (Å²) in [5.41, 5.74) is 2.06. The Balaban J connectivity index is 1.65. The third-order valence-corrected chi connectivity index (χ3v) is 7.50. The summed E-state index contributed by atoms with van der Waals surface area (Å²) < 4.78 is 26.8. The van der Waals surface area contributed by atoms with Crippen molar-refractivity contribution < 1.29 is 8.42 Å². The molecule has 0 aromatic carbocycles. The Hall–Kier alpha value is -1.74. The first-order valence-corrected chi connectivity index (χ1v) is 10.5. The number of fused-ring (bicyclic) bond motifs is 1. The minimum atomic E-state index is -3.39. The highest BCUT2D eigenvalue weighted by Gasteiger charge is 2.22. The Bertz CT molecular complexity index is 919. The summed E-state index contributed by atoms with van der Waals surface area (Å²) in [6, 6.07) is 7.38. The third-order valence-electron chi connectivity index (χ3n) is 4.27. The smallest absolute Gasteiger partial charge is 0.252 e. The lowest BCUT2D eigenvalue weighted by Gasteiger charge is -2.23. The first-order chi connectivity index (χ1) is 12.0. The van der Waals surface area contributed by atoms with Crippen LogP contribution >= 0.6 is 11.3 Å². The maximum absolute atomic E-state index is 12.5. The Morgan fingerprint density at radius 3 is 2.80 bits per heavy atom. The van der Waals surface area contributed by atoms with Crippen molar-refractivity contribution >= 4 is 32.4 Å². The summed E-state index contributed by atoms with van der Waals surface area (Å²) in [5, 5.41) is 2.89. The molecule has 134 valence electrons. The molecule has 25 heavy (non-hydrogen) atoms. The van der Waals surface area contributed by atoms with Crippen LogP contribution < -0.4 is 0 Å². The topological polar surface area (TPSA) is 69.3 Å². The Kier molecular flexibility index (Phi) is 5.53. The van der Waals surface area contributed by atoms with E-state index in [2.05, 4.69) is 27.9 Å². The van der Waals surface area contributed by atoms with Gasteiger partial charge in [-0.1, -0.05) is 13.0 Å². The van der Waals surface area contributed by atoms with Crippen LogP contribution in [0.5, 0.6) is 0 Å². The predicted molar refractivity (Wildman–Crippen MR) is 101 cm³/mol. The molecular formula is C17H22N4O2S2. The van der Waals surface area contributed by atoms with Crippen molar-refractivity contribution in [2.24, 2.45) is 0 Å². The van der Waals surface area contributed by atoms with Crippen molar-refractivity contribution in [3.63, 3.8) is 0 Å². The van der Waals surface area contributed by atoms with Gasteiger partial charge in [0.2, 0.25) is 0 Å². The van der Waals surface area contributed by atoms with Gasteiger partial charge in [-0.2, -0.15) is 4.31 Å². The van der Waals surface area contributed by atoms with E-state index >= 15 is 0 Å². The number of aromatic nitrogens is 2. The van der Waals surface area contributed by atoms with Gasteiger partial charge in [0.1, 0.15) is 9.86 Å². The number of H-pyrrole nitrogens is 1. The zero-order valence-corrected chi connectivity index (χ0v) is 16.0. The van der Waals surface area contributed by atoms with Crippen molar-refractivity contribution in [1.29, 1.82) is 0 Å². The molecule has 1 N–H and O–H groups in total. The number of hydrogen-bond donors (Lipinski definition) is 1. The van der Waals surface area contributed by atoms with E-state index in [0.29, 0.717) is 17.3 Å². The fourth-order valence-electron chi connectivity index (χ4n) is 2.70. The van der Waals surface area contributed by atoms with Gasteiger partial charge < -0.3 is 4.98 Å². The third kappa shape index (κ3) is 3.92. The number of nitrogens with zero attached hydrogens (tertiary/aromatic N) is 3. The van der Waals surface area contributed by atoms with Crippen LogP contribution in [0.3, 0.4) is 0 Å². The van der Waals surface area contributed by atoms with E-state index in [9.17, 15) is 8.42 Å². The summed E-state index contributed by atoms with van der Waals surface area (Å²) >= 11 is 1.25. The van der Waals surface area contributed by atoms with Crippen LogP contribution in [0.25, 0.3) is 11.0 Å². The molecule has 0 bridgehead atoms. The SMILES string of the molecule is CCN(CCN(C)S(=O)(=O)c1cccs1)Cc1c[nH]c2ncccc12. The first kappa shape index (κ1) is 18.1. The van der Waals surface area contributed by atoms with Crippen LogP contribution in [-0.4, -0.2) is 54.3 Å². The second kappa shape index (κ2) is 7.65. The lowest BCUT2D eigenvalue weighted by atomic mass is 10.2. The molecule has 3 aromatic rings. The quantitative estimate of drug-likeness (QED) is 0.654. The molecule has 0 spiro atoms. The summed E-state index contributed by atoms with van der Waals surface area (Å²) in [4.78, 5) is 9.72. The van der Waals surface area contributed by atoms with Crippen molar-refractivity contribution in [2.45, 2.75) is 17.7 Å². The number of likely N-dealkylation sites (N-methyl/N-ethyl adjacent to an activating group) is 2. The van der Waals surface area contributed by atoms with E-state index in [-0.39, 0.29) is 0 Å². The average molecular weight is 379 g/mol. The second-order valence-electron chi connectivity index (χ2n) is 5.84. The van der Waals surface area contributed by atoms with E-state index in [1.54, 1.807) is 30.8 Å². The maximum Gasteiger partial charge on any atom is 0.252 e. The number of thiophene rings is 1. The lowest BCUT2D eigenvalue weighted by Crippen LogP contribution is -2.35. The fourth-order valence-corrected chi connectivity index (χ4v) is 5.06. The van der Waals surface area contributed by atoms with Gasteiger partial charge in [0.05, 0.1) is 0 Å². The van der Waals surface area contributed by atoms with Crippen LogP contribution in [0.4, 0.5) is 0 Å². The number of nitrogens with one attached hydrogen (secondary N) is 1. The molecule has 8 heteroatoms. The minimum Gasteiger partial charge on any atom is -0.346 e. The maximum atomic E-state index is 12.5. The van der Waals surface area contributed by atoms with Gasteiger partial charge in [0, 0.05) is 44.5 Å². The summed E-state index contributed by atoms with van der Waals surface area (Å²) in [6.07, 6.45) is 3.75. The minimum absolute atomic E-state index is 0.390. The molecule has 0 aliphatic carbocycles. The van der Waals surface area contributed by atoms with Crippen LogP contribution in [0.1, 0.15) is 12.5 Å². The molecular weight excluding hydrogens is 356 g/mol. The van der Waals surface area contributed by atoms with E-state index < -0.39 is 10.0 Å². The zero-order chi connectivity index (χ0) is 17.9. The van der Waals surface area contributed by atoms with E-state index in [1.165, 1.54) is 21.2 Å². The Labute approximate surface area is 152 Å². The van der Waals surface area contributed by atoms with Crippen LogP contribution in [0.2, 0.25) is 0 Å². The van der Waals surface area contributed by atoms with Gasteiger partial charge >= 0.3 is 0 Å². The molecule has 3 heterocycles. The second-order valence-corrected chi connectivity index (χ2v) is 9.06. The molecule has 0 fully saturated rings. The summed E-state index contributed by atoms with van der Waals surface area (Å²) in [7, 11) is -1.75. The molecule has 0 saturated heterocycles. The largest absolute Gasteiger partial charge is 0.346 e. The molecule has 0 saturated carbocycles. The van der Waals surface area contributed by atoms with Crippen LogP contribution in [-0.2, 0) is 16.6 Å². The van der Waals surface area contributed by atoms with Gasteiger partial charge in [-0.05, 0) is 35.7 Å². The number of aromatic amines is 1. The standard InChI is InChI=1S/C17H22N4O2S2/c1-3-21(13-14-12-19-17-15(14)6-4-8-18-17)10-9-20(2)25(22,23)16-7-5-11-24-16/h4-8,11-12H,3,9-10,13H2,1-2H3,(H,18,19). The van der Waals surface area contributed by atoms with Gasteiger partial charge in [-0.3, -0.25) is 4.90 Å². The molecule has 0 aliphatic rings. The highest BCUT2D eigenvalue weighted by Crippen LogP contribution is 2.20. The van der Waals surface area contributed by atoms with E-state index in [1.807, 2.05) is 12.3 Å².